The zero-order valence-electron chi connectivity index (χ0n) is 7.98. The van der Waals surface area contributed by atoms with E-state index in [-0.39, 0.29) is 17.8 Å². The standard InChI is InChI=1S/C8H12N2O3S/c1-4-5(2)14-8(10-4)7(13)9-3-6(11)12/h4-5H,3H2,1-2H3,(H,9,13)(H,11,12). The van der Waals surface area contributed by atoms with Crippen molar-refractivity contribution in [1.82, 2.24) is 5.32 Å². The third-order valence-corrected chi connectivity index (χ3v) is 3.17. The van der Waals surface area contributed by atoms with E-state index in [1.165, 1.54) is 11.8 Å². The topological polar surface area (TPSA) is 78.8 Å². The zero-order chi connectivity index (χ0) is 10.7. The van der Waals surface area contributed by atoms with Crippen LogP contribution in [-0.4, -0.2) is 39.9 Å². The number of carbonyl (C=O) groups excluding carboxylic acids is 1. The van der Waals surface area contributed by atoms with Gasteiger partial charge in [-0.1, -0.05) is 18.7 Å². The van der Waals surface area contributed by atoms with Crippen LogP contribution >= 0.6 is 11.8 Å². The van der Waals surface area contributed by atoms with Crippen molar-refractivity contribution in [2.75, 3.05) is 6.54 Å². The lowest BCUT2D eigenvalue weighted by molar-refractivity contribution is -0.137. The van der Waals surface area contributed by atoms with Crippen LogP contribution in [0.5, 0.6) is 0 Å². The number of aliphatic carboxylic acids is 1. The molecule has 0 spiro atoms. The minimum absolute atomic E-state index is 0.116. The largest absolute Gasteiger partial charge is 0.480 e. The van der Waals surface area contributed by atoms with Crippen LogP contribution in [-0.2, 0) is 9.59 Å². The molecular formula is C8H12N2O3S. The predicted octanol–water partition coefficient (Wildman–Crippen LogP) is 0.110. The summed E-state index contributed by atoms with van der Waals surface area (Å²) in [6, 6.07) is 0.116. The predicted molar refractivity (Wildman–Crippen MR) is 54.6 cm³/mol. The van der Waals surface area contributed by atoms with Crippen LogP contribution in [0.1, 0.15) is 13.8 Å². The number of carbonyl (C=O) groups is 2. The van der Waals surface area contributed by atoms with Crippen molar-refractivity contribution in [1.29, 1.82) is 0 Å². The molecule has 78 valence electrons. The fourth-order valence-electron chi connectivity index (χ4n) is 0.939. The van der Waals surface area contributed by atoms with Crippen LogP contribution in [0, 0.1) is 0 Å². The number of nitrogens with one attached hydrogen (secondary N) is 1. The first-order valence-corrected chi connectivity index (χ1v) is 5.13. The molecule has 2 unspecified atom stereocenters. The number of amides is 1. The molecule has 0 aromatic heterocycles. The number of hydrogen-bond donors (Lipinski definition) is 2. The highest BCUT2D eigenvalue weighted by Gasteiger charge is 2.26. The lowest BCUT2D eigenvalue weighted by atomic mass is 10.3. The number of aliphatic imine (C=N–C) groups is 1. The van der Waals surface area contributed by atoms with Gasteiger partial charge in [0.05, 0.1) is 6.04 Å². The SMILES string of the molecule is CC1N=C(C(=O)NCC(=O)O)SC1C. The third kappa shape index (κ3) is 2.73. The van der Waals surface area contributed by atoms with E-state index in [0.29, 0.717) is 5.04 Å². The fourth-order valence-corrected chi connectivity index (χ4v) is 1.95. The molecule has 2 atom stereocenters. The van der Waals surface area contributed by atoms with E-state index in [9.17, 15) is 9.59 Å². The minimum Gasteiger partial charge on any atom is -0.480 e. The van der Waals surface area contributed by atoms with Crippen LogP contribution in [0.15, 0.2) is 4.99 Å². The van der Waals surface area contributed by atoms with Gasteiger partial charge in [-0.05, 0) is 6.92 Å². The Hall–Kier alpha value is -1.04. The van der Waals surface area contributed by atoms with Crippen molar-refractivity contribution in [2.24, 2.45) is 4.99 Å². The number of hydrogen-bond acceptors (Lipinski definition) is 4. The van der Waals surface area contributed by atoms with E-state index in [4.69, 9.17) is 5.11 Å². The summed E-state index contributed by atoms with van der Waals surface area (Å²) in [6.45, 7) is 3.55. The normalized spacial score (nSPS) is 25.7. The fraction of sp³-hybridized carbons (Fsp3) is 0.625. The van der Waals surface area contributed by atoms with E-state index < -0.39 is 11.9 Å². The number of thioether (sulfide) groups is 1. The van der Waals surface area contributed by atoms with Gasteiger partial charge >= 0.3 is 5.97 Å². The summed E-state index contributed by atoms with van der Waals surface area (Å²) in [5, 5.41) is 11.3. The molecule has 0 saturated carbocycles. The van der Waals surface area contributed by atoms with Crippen LogP contribution in [0.25, 0.3) is 0 Å². The maximum atomic E-state index is 11.3. The number of carboxylic acids is 1. The molecule has 5 nitrogen and oxygen atoms in total. The van der Waals surface area contributed by atoms with E-state index in [0.717, 1.165) is 0 Å². The third-order valence-electron chi connectivity index (χ3n) is 1.89. The second-order valence-electron chi connectivity index (χ2n) is 3.07. The Bertz CT molecular complexity index is 290. The summed E-state index contributed by atoms with van der Waals surface area (Å²) in [7, 11) is 0. The molecule has 1 amide bonds. The van der Waals surface area contributed by atoms with Crippen LogP contribution in [0.4, 0.5) is 0 Å². The first-order chi connectivity index (χ1) is 6.50. The Morgan fingerprint density at radius 2 is 2.21 bits per heavy atom. The maximum absolute atomic E-state index is 11.3. The van der Waals surface area contributed by atoms with E-state index in [2.05, 4.69) is 10.3 Å². The van der Waals surface area contributed by atoms with Crippen LogP contribution in [0.3, 0.4) is 0 Å². The Kier molecular flexibility index (Phi) is 3.51. The number of carboxylic acid groups (broad SMARTS) is 1. The van der Waals surface area contributed by atoms with Gasteiger partial charge in [0.1, 0.15) is 6.54 Å². The summed E-state index contributed by atoms with van der Waals surface area (Å²) >= 11 is 1.38. The molecule has 2 N–H and O–H groups in total. The van der Waals surface area contributed by atoms with Gasteiger partial charge in [-0.25, -0.2) is 0 Å². The van der Waals surface area contributed by atoms with Gasteiger partial charge in [0.15, 0.2) is 5.04 Å². The number of rotatable bonds is 3. The monoisotopic (exact) mass is 216 g/mol. The molecule has 0 fully saturated rings. The number of nitrogens with zero attached hydrogens (tertiary/aromatic N) is 1. The van der Waals surface area contributed by atoms with Crippen molar-refractivity contribution < 1.29 is 14.7 Å². The highest BCUT2D eigenvalue weighted by molar-refractivity contribution is 8.16. The lowest BCUT2D eigenvalue weighted by Crippen LogP contribution is -2.33. The molecule has 14 heavy (non-hydrogen) atoms. The van der Waals surface area contributed by atoms with Crippen molar-refractivity contribution in [2.45, 2.75) is 25.1 Å². The quantitative estimate of drug-likeness (QED) is 0.701. The highest BCUT2D eigenvalue weighted by atomic mass is 32.2. The molecule has 1 aliphatic heterocycles. The van der Waals surface area contributed by atoms with E-state index in [1.54, 1.807) is 0 Å². The average Bonchev–Trinajstić information content (AvgIpc) is 2.43. The van der Waals surface area contributed by atoms with Crippen molar-refractivity contribution >= 4 is 28.7 Å². The van der Waals surface area contributed by atoms with Gasteiger partial charge in [-0.2, -0.15) is 0 Å². The molecule has 0 aromatic rings. The maximum Gasteiger partial charge on any atom is 0.322 e. The Labute approximate surface area is 86.0 Å². The van der Waals surface area contributed by atoms with Gasteiger partial charge in [0, 0.05) is 5.25 Å². The van der Waals surface area contributed by atoms with Gasteiger partial charge in [0.25, 0.3) is 5.91 Å². The van der Waals surface area contributed by atoms with Crippen molar-refractivity contribution in [3.8, 4) is 0 Å². The van der Waals surface area contributed by atoms with Gasteiger partial charge in [-0.15, -0.1) is 0 Å². The van der Waals surface area contributed by atoms with Gasteiger partial charge in [-0.3, -0.25) is 14.6 Å². The second-order valence-corrected chi connectivity index (χ2v) is 4.44. The Balaban J connectivity index is 2.47. The average molecular weight is 216 g/mol. The molecule has 0 saturated heterocycles. The van der Waals surface area contributed by atoms with E-state index >= 15 is 0 Å². The summed E-state index contributed by atoms with van der Waals surface area (Å²) in [5.74, 6) is -1.45. The Morgan fingerprint density at radius 3 is 2.64 bits per heavy atom. The minimum atomic E-state index is -1.05. The molecule has 0 radical (unpaired) electrons. The molecule has 0 bridgehead atoms. The van der Waals surface area contributed by atoms with Gasteiger partial charge in [0.2, 0.25) is 0 Å². The highest BCUT2D eigenvalue weighted by Crippen LogP contribution is 2.25. The molecule has 0 aromatic carbocycles. The molecule has 1 aliphatic rings. The molecule has 6 heteroatoms. The molecule has 1 heterocycles. The first kappa shape index (κ1) is 11.0. The molecule has 0 aliphatic carbocycles. The molecular weight excluding hydrogens is 204 g/mol. The van der Waals surface area contributed by atoms with Crippen LogP contribution in [0.2, 0.25) is 0 Å². The second kappa shape index (κ2) is 4.45. The van der Waals surface area contributed by atoms with Gasteiger partial charge < -0.3 is 10.4 Å². The smallest absolute Gasteiger partial charge is 0.322 e. The summed E-state index contributed by atoms with van der Waals surface area (Å²) in [6.07, 6.45) is 0. The van der Waals surface area contributed by atoms with E-state index in [1.807, 2.05) is 13.8 Å². The summed E-state index contributed by atoms with van der Waals surface area (Å²) < 4.78 is 0. The van der Waals surface area contributed by atoms with Crippen LogP contribution < -0.4 is 5.32 Å². The van der Waals surface area contributed by atoms with Crippen molar-refractivity contribution in [3.05, 3.63) is 0 Å². The summed E-state index contributed by atoms with van der Waals surface area (Å²) in [5.41, 5.74) is 0. The molecule has 1 rings (SSSR count). The van der Waals surface area contributed by atoms with Crippen molar-refractivity contribution in [3.63, 3.8) is 0 Å². The Morgan fingerprint density at radius 1 is 1.57 bits per heavy atom. The first-order valence-electron chi connectivity index (χ1n) is 4.25. The lowest BCUT2D eigenvalue weighted by Gasteiger charge is -2.03. The zero-order valence-corrected chi connectivity index (χ0v) is 8.80. The summed E-state index contributed by atoms with van der Waals surface area (Å²) in [4.78, 5) is 25.6.